The topological polar surface area (TPSA) is 92.0 Å². The smallest absolute Gasteiger partial charge is 0.320 e. The van der Waals surface area contributed by atoms with Gasteiger partial charge in [0.2, 0.25) is 0 Å². The van der Waals surface area contributed by atoms with E-state index in [1.807, 2.05) is 0 Å². The van der Waals surface area contributed by atoms with Crippen LogP contribution >= 0.6 is 15.9 Å². The van der Waals surface area contributed by atoms with Crippen LogP contribution in [0.15, 0.2) is 10.8 Å². The van der Waals surface area contributed by atoms with E-state index in [1.165, 1.54) is 0 Å². The van der Waals surface area contributed by atoms with E-state index in [-0.39, 0.29) is 6.42 Å². The van der Waals surface area contributed by atoms with Crippen LogP contribution in [0, 0.1) is 0 Å². The molecule has 1 rings (SSSR count). The van der Waals surface area contributed by atoms with E-state index in [1.54, 1.807) is 6.20 Å². The molecule has 0 saturated carbocycles. The number of carbonyl (C=O) groups is 1. The Kier molecular flexibility index (Phi) is 2.83. The van der Waals surface area contributed by atoms with Gasteiger partial charge in [-0.15, -0.1) is 0 Å². The summed E-state index contributed by atoms with van der Waals surface area (Å²) in [6.45, 7) is 0. The van der Waals surface area contributed by atoms with E-state index in [4.69, 9.17) is 10.8 Å². The zero-order valence-electron chi connectivity index (χ0n) is 6.12. The highest BCUT2D eigenvalue weighted by Gasteiger charge is 2.14. The third-order valence-electron chi connectivity index (χ3n) is 1.42. The lowest BCUT2D eigenvalue weighted by atomic mass is 10.1. The number of aromatic amines is 1. The molecule has 0 spiro atoms. The molecule has 1 aromatic heterocycles. The first-order valence-corrected chi connectivity index (χ1v) is 4.06. The number of aromatic nitrogens is 2. The third-order valence-corrected chi connectivity index (χ3v) is 2.11. The van der Waals surface area contributed by atoms with Gasteiger partial charge in [0.1, 0.15) is 10.6 Å². The fourth-order valence-electron chi connectivity index (χ4n) is 0.762. The third kappa shape index (κ3) is 2.05. The second kappa shape index (κ2) is 3.68. The molecule has 1 atom stereocenters. The van der Waals surface area contributed by atoms with Gasteiger partial charge in [-0.3, -0.25) is 9.89 Å². The number of aliphatic carboxylic acids is 1. The average molecular weight is 234 g/mol. The van der Waals surface area contributed by atoms with Crippen molar-refractivity contribution in [3.63, 3.8) is 0 Å². The molecule has 5 nitrogen and oxygen atoms in total. The second-order valence-corrected chi connectivity index (χ2v) is 3.15. The lowest BCUT2D eigenvalue weighted by Gasteiger charge is -2.03. The van der Waals surface area contributed by atoms with Crippen LogP contribution in [0.2, 0.25) is 0 Å². The van der Waals surface area contributed by atoms with E-state index in [2.05, 4.69) is 26.1 Å². The number of hydrogen-bond acceptors (Lipinski definition) is 3. The predicted octanol–water partition coefficient (Wildman–Crippen LogP) is 0.127. The van der Waals surface area contributed by atoms with Gasteiger partial charge in [0.25, 0.3) is 0 Å². The van der Waals surface area contributed by atoms with E-state index < -0.39 is 12.0 Å². The minimum Gasteiger partial charge on any atom is -0.480 e. The summed E-state index contributed by atoms with van der Waals surface area (Å²) < 4.78 is 0.680. The second-order valence-electron chi connectivity index (χ2n) is 2.36. The van der Waals surface area contributed by atoms with Gasteiger partial charge in [-0.1, -0.05) is 0 Å². The molecule has 0 aromatic carbocycles. The Bertz CT molecular complexity index is 286. The molecule has 1 unspecified atom stereocenters. The summed E-state index contributed by atoms with van der Waals surface area (Å²) in [6, 6.07) is -0.876. The maximum absolute atomic E-state index is 10.4. The molecule has 0 amide bonds. The summed E-state index contributed by atoms with van der Waals surface area (Å²) in [5.74, 6) is -1.01. The van der Waals surface area contributed by atoms with Gasteiger partial charge in [0.05, 0.1) is 6.20 Å². The van der Waals surface area contributed by atoms with Crippen LogP contribution in [0.3, 0.4) is 0 Å². The van der Waals surface area contributed by atoms with E-state index in [9.17, 15) is 4.79 Å². The van der Waals surface area contributed by atoms with Crippen molar-refractivity contribution in [2.45, 2.75) is 12.5 Å². The predicted molar refractivity (Wildman–Crippen MR) is 45.6 cm³/mol. The maximum Gasteiger partial charge on any atom is 0.320 e. The van der Waals surface area contributed by atoms with Gasteiger partial charge in [0, 0.05) is 12.0 Å². The van der Waals surface area contributed by atoms with Crippen molar-refractivity contribution >= 4 is 21.9 Å². The molecular formula is C6H8BrN3O2. The van der Waals surface area contributed by atoms with E-state index in [0.29, 0.717) is 4.60 Å². The lowest BCUT2D eigenvalue weighted by Crippen LogP contribution is -2.32. The number of carboxylic acids is 1. The summed E-state index contributed by atoms with van der Waals surface area (Å²) in [5, 5.41) is 14.8. The van der Waals surface area contributed by atoms with Crippen LogP contribution in [0.4, 0.5) is 0 Å². The van der Waals surface area contributed by atoms with Crippen molar-refractivity contribution in [3.8, 4) is 0 Å². The Morgan fingerprint density at radius 2 is 2.58 bits per heavy atom. The molecule has 12 heavy (non-hydrogen) atoms. The first-order valence-electron chi connectivity index (χ1n) is 3.27. The number of H-pyrrole nitrogens is 1. The summed E-state index contributed by atoms with van der Waals surface area (Å²) in [4.78, 5) is 10.4. The number of nitrogens with two attached hydrogens (primary N) is 1. The first kappa shape index (κ1) is 9.21. The molecule has 0 bridgehead atoms. The van der Waals surface area contributed by atoms with Gasteiger partial charge in [-0.05, 0) is 15.9 Å². The summed E-state index contributed by atoms with van der Waals surface area (Å²) in [7, 11) is 0. The van der Waals surface area contributed by atoms with Crippen molar-refractivity contribution in [1.29, 1.82) is 0 Å². The van der Waals surface area contributed by atoms with Crippen LogP contribution in [-0.2, 0) is 11.2 Å². The number of hydrogen-bond donors (Lipinski definition) is 3. The highest BCUT2D eigenvalue weighted by molar-refractivity contribution is 9.10. The number of rotatable bonds is 3. The Hall–Kier alpha value is -0.880. The highest BCUT2D eigenvalue weighted by Crippen LogP contribution is 2.13. The first-order chi connectivity index (χ1) is 5.61. The molecule has 0 aliphatic carbocycles. The fraction of sp³-hybridized carbons (Fsp3) is 0.333. The Balaban J connectivity index is 2.64. The Morgan fingerprint density at radius 1 is 1.92 bits per heavy atom. The van der Waals surface area contributed by atoms with Crippen LogP contribution in [0.5, 0.6) is 0 Å². The normalized spacial score (nSPS) is 12.8. The number of carboxylic acid groups (broad SMARTS) is 1. The van der Waals surface area contributed by atoms with Gasteiger partial charge in [0.15, 0.2) is 0 Å². The molecule has 0 saturated heterocycles. The van der Waals surface area contributed by atoms with Crippen molar-refractivity contribution in [3.05, 3.63) is 16.4 Å². The zero-order chi connectivity index (χ0) is 9.14. The quantitative estimate of drug-likeness (QED) is 0.692. The minimum absolute atomic E-state index is 0.270. The molecular weight excluding hydrogens is 226 g/mol. The van der Waals surface area contributed by atoms with Gasteiger partial charge < -0.3 is 10.8 Å². The molecule has 1 heterocycles. The van der Waals surface area contributed by atoms with Crippen LogP contribution in [0.1, 0.15) is 5.56 Å². The van der Waals surface area contributed by atoms with Gasteiger partial charge >= 0.3 is 5.97 Å². The number of halogens is 1. The Labute approximate surface area is 77.1 Å². The number of nitrogens with one attached hydrogen (secondary N) is 1. The molecule has 0 aliphatic heterocycles. The van der Waals surface area contributed by atoms with Gasteiger partial charge in [-0.25, -0.2) is 0 Å². The van der Waals surface area contributed by atoms with Crippen LogP contribution < -0.4 is 5.73 Å². The van der Waals surface area contributed by atoms with Crippen molar-refractivity contribution in [2.24, 2.45) is 5.73 Å². The van der Waals surface area contributed by atoms with Crippen LogP contribution in [-0.4, -0.2) is 27.3 Å². The zero-order valence-corrected chi connectivity index (χ0v) is 7.71. The monoisotopic (exact) mass is 233 g/mol. The lowest BCUT2D eigenvalue weighted by molar-refractivity contribution is -0.138. The summed E-state index contributed by atoms with van der Waals surface area (Å²) in [6.07, 6.45) is 1.82. The average Bonchev–Trinajstić information content (AvgIpc) is 2.36. The summed E-state index contributed by atoms with van der Waals surface area (Å²) in [5.41, 5.74) is 6.08. The standard InChI is InChI=1S/C6H8BrN3O2/c7-5-3(2-9-10-5)1-4(8)6(11)12/h2,4H,1,8H2,(H,9,10)(H,11,12). The van der Waals surface area contributed by atoms with E-state index >= 15 is 0 Å². The SMILES string of the molecule is NC(Cc1cn[nH]c1Br)C(=O)O. The van der Waals surface area contributed by atoms with Crippen molar-refractivity contribution < 1.29 is 9.90 Å². The van der Waals surface area contributed by atoms with Crippen LogP contribution in [0.25, 0.3) is 0 Å². The van der Waals surface area contributed by atoms with Crippen molar-refractivity contribution in [1.82, 2.24) is 10.2 Å². The molecule has 0 radical (unpaired) electrons. The molecule has 0 aliphatic rings. The molecule has 1 aromatic rings. The summed E-state index contributed by atoms with van der Waals surface area (Å²) >= 11 is 3.18. The van der Waals surface area contributed by atoms with Gasteiger partial charge in [-0.2, -0.15) is 5.10 Å². The molecule has 6 heteroatoms. The number of nitrogens with zero attached hydrogens (tertiary/aromatic N) is 1. The minimum atomic E-state index is -1.01. The largest absolute Gasteiger partial charge is 0.480 e. The fourth-order valence-corrected chi connectivity index (χ4v) is 1.13. The van der Waals surface area contributed by atoms with E-state index in [0.717, 1.165) is 5.56 Å². The molecule has 4 N–H and O–H groups in total. The highest BCUT2D eigenvalue weighted by atomic mass is 79.9. The molecule has 66 valence electrons. The maximum atomic E-state index is 10.4. The Morgan fingerprint density at radius 3 is 3.00 bits per heavy atom. The van der Waals surface area contributed by atoms with Crippen molar-refractivity contribution in [2.75, 3.05) is 0 Å². The molecule has 0 fully saturated rings.